The van der Waals surface area contributed by atoms with Gasteiger partial charge in [-0.05, 0) is 42.2 Å². The van der Waals surface area contributed by atoms with Crippen molar-refractivity contribution in [3.63, 3.8) is 0 Å². The van der Waals surface area contributed by atoms with Crippen molar-refractivity contribution in [3.8, 4) is 0 Å². The summed E-state index contributed by atoms with van der Waals surface area (Å²) < 4.78 is 0. The topological polar surface area (TPSA) is 53.4 Å². The fraction of sp³-hybridized carbons (Fsp3) is 0.647. The summed E-state index contributed by atoms with van der Waals surface area (Å²) in [6.07, 6.45) is 5.36. The molecule has 2 bridgehead atoms. The number of carboxylic acids is 1. The van der Waals surface area contributed by atoms with Crippen LogP contribution in [0.5, 0.6) is 0 Å². The fourth-order valence-corrected chi connectivity index (χ4v) is 4.71. The number of rotatable bonds is 3. The number of aromatic carboxylic acids is 1. The Kier molecular flexibility index (Phi) is 3.32. The largest absolute Gasteiger partial charge is 0.478 e. The highest BCUT2D eigenvalue weighted by Gasteiger charge is 2.49. The van der Waals surface area contributed by atoms with Crippen LogP contribution in [0.3, 0.4) is 0 Å². The molecular formula is C17H24N2O2. The molecule has 21 heavy (non-hydrogen) atoms. The van der Waals surface area contributed by atoms with Crippen molar-refractivity contribution < 1.29 is 9.90 Å². The zero-order valence-electron chi connectivity index (χ0n) is 13.1. The van der Waals surface area contributed by atoms with Crippen molar-refractivity contribution in [2.24, 2.45) is 10.8 Å². The third kappa shape index (κ3) is 2.82. The van der Waals surface area contributed by atoms with E-state index in [0.29, 0.717) is 34.7 Å². The summed E-state index contributed by atoms with van der Waals surface area (Å²) in [5, 5.41) is 9.30. The third-order valence-electron chi connectivity index (χ3n) is 5.00. The number of carbonyl (C=O) groups is 1. The zero-order valence-corrected chi connectivity index (χ0v) is 13.1. The number of nitrogens with zero attached hydrogens (tertiary/aromatic N) is 2. The molecule has 0 aromatic carbocycles. The Hall–Kier alpha value is -1.42. The summed E-state index contributed by atoms with van der Waals surface area (Å²) in [4.78, 5) is 18.1. The van der Waals surface area contributed by atoms with Crippen LogP contribution in [-0.2, 0) is 6.54 Å². The predicted octanol–water partition coefficient (Wildman–Crippen LogP) is 3.18. The van der Waals surface area contributed by atoms with E-state index >= 15 is 0 Å². The molecule has 1 saturated heterocycles. The molecular weight excluding hydrogens is 264 g/mol. The van der Waals surface area contributed by atoms with E-state index in [1.165, 1.54) is 19.3 Å². The zero-order chi connectivity index (χ0) is 15.3. The van der Waals surface area contributed by atoms with Crippen LogP contribution in [0.25, 0.3) is 0 Å². The summed E-state index contributed by atoms with van der Waals surface area (Å²) in [6, 6.07) is 3.90. The molecule has 1 aliphatic carbocycles. The average molecular weight is 288 g/mol. The Balaban J connectivity index is 1.83. The van der Waals surface area contributed by atoms with Gasteiger partial charge in [-0.3, -0.25) is 9.88 Å². The van der Waals surface area contributed by atoms with Gasteiger partial charge in [0.15, 0.2) is 0 Å². The van der Waals surface area contributed by atoms with Crippen LogP contribution in [0.1, 0.15) is 56.1 Å². The Morgan fingerprint density at radius 2 is 2.19 bits per heavy atom. The van der Waals surface area contributed by atoms with Crippen molar-refractivity contribution in [2.75, 3.05) is 6.54 Å². The van der Waals surface area contributed by atoms with Gasteiger partial charge in [0.2, 0.25) is 0 Å². The number of likely N-dealkylation sites (tertiary alicyclic amines) is 1. The Bertz CT molecular complexity index is 570. The molecule has 2 heterocycles. The predicted molar refractivity (Wildman–Crippen MR) is 81.1 cm³/mol. The number of fused-ring (bicyclic) bond motifs is 2. The molecule has 2 unspecified atom stereocenters. The second-order valence-corrected chi connectivity index (χ2v) is 7.92. The maximum Gasteiger partial charge on any atom is 0.337 e. The monoisotopic (exact) mass is 288 g/mol. The Labute approximate surface area is 126 Å². The second kappa shape index (κ2) is 4.80. The van der Waals surface area contributed by atoms with Crippen LogP contribution in [0.2, 0.25) is 0 Å². The summed E-state index contributed by atoms with van der Waals surface area (Å²) in [6.45, 7) is 8.78. The van der Waals surface area contributed by atoms with E-state index in [1.54, 1.807) is 18.3 Å². The number of hydrogen-bond donors (Lipinski definition) is 1. The molecule has 1 N–H and O–H groups in total. The van der Waals surface area contributed by atoms with E-state index in [9.17, 15) is 9.90 Å². The minimum absolute atomic E-state index is 0.336. The highest BCUT2D eigenvalue weighted by molar-refractivity contribution is 5.88. The normalized spacial score (nSPS) is 31.3. The molecule has 2 aliphatic rings. The van der Waals surface area contributed by atoms with Crippen molar-refractivity contribution in [1.29, 1.82) is 0 Å². The fourth-order valence-electron chi connectivity index (χ4n) is 4.71. The summed E-state index contributed by atoms with van der Waals surface area (Å²) in [5.41, 5.74) is 1.78. The number of hydrogen-bond acceptors (Lipinski definition) is 3. The highest BCUT2D eigenvalue weighted by Crippen LogP contribution is 2.52. The first kappa shape index (κ1) is 14.5. The first-order valence-electron chi connectivity index (χ1n) is 7.69. The lowest BCUT2D eigenvalue weighted by molar-refractivity contribution is 0.0692. The Morgan fingerprint density at radius 3 is 2.90 bits per heavy atom. The summed E-state index contributed by atoms with van der Waals surface area (Å²) >= 11 is 0. The van der Waals surface area contributed by atoms with Gasteiger partial charge < -0.3 is 5.11 Å². The lowest BCUT2D eigenvalue weighted by Gasteiger charge is -2.39. The van der Waals surface area contributed by atoms with Crippen LogP contribution in [-0.4, -0.2) is 33.5 Å². The summed E-state index contributed by atoms with van der Waals surface area (Å²) in [7, 11) is 0. The molecule has 1 aliphatic heterocycles. The average Bonchev–Trinajstić information content (AvgIpc) is 2.58. The van der Waals surface area contributed by atoms with Gasteiger partial charge in [0.1, 0.15) is 0 Å². The van der Waals surface area contributed by atoms with Gasteiger partial charge in [0.25, 0.3) is 0 Å². The van der Waals surface area contributed by atoms with Crippen molar-refractivity contribution in [1.82, 2.24) is 9.88 Å². The van der Waals surface area contributed by atoms with Crippen LogP contribution in [0.15, 0.2) is 18.3 Å². The first-order chi connectivity index (χ1) is 9.78. The molecule has 0 amide bonds. The number of carboxylic acid groups (broad SMARTS) is 1. The minimum Gasteiger partial charge on any atom is -0.478 e. The molecule has 0 radical (unpaired) electrons. The van der Waals surface area contributed by atoms with Crippen LogP contribution in [0, 0.1) is 10.8 Å². The number of aromatic nitrogens is 1. The Morgan fingerprint density at radius 1 is 1.43 bits per heavy atom. The van der Waals surface area contributed by atoms with Crippen LogP contribution in [0.4, 0.5) is 0 Å². The molecule has 0 spiro atoms. The SMILES string of the molecule is CC1(C)CC2CC(C)(CN2Cc2ncccc2C(=O)O)C1. The van der Waals surface area contributed by atoms with E-state index in [4.69, 9.17) is 0 Å². The highest BCUT2D eigenvalue weighted by atomic mass is 16.4. The summed E-state index contributed by atoms with van der Waals surface area (Å²) in [5.74, 6) is -0.883. The van der Waals surface area contributed by atoms with Crippen molar-refractivity contribution in [3.05, 3.63) is 29.6 Å². The smallest absolute Gasteiger partial charge is 0.337 e. The van der Waals surface area contributed by atoms with Gasteiger partial charge in [-0.1, -0.05) is 20.8 Å². The third-order valence-corrected chi connectivity index (χ3v) is 5.00. The van der Waals surface area contributed by atoms with Gasteiger partial charge in [-0.2, -0.15) is 0 Å². The van der Waals surface area contributed by atoms with Gasteiger partial charge in [-0.25, -0.2) is 4.79 Å². The molecule has 2 fully saturated rings. The van der Waals surface area contributed by atoms with Crippen LogP contribution >= 0.6 is 0 Å². The van der Waals surface area contributed by atoms with E-state index in [2.05, 4.69) is 30.7 Å². The van der Waals surface area contributed by atoms with Crippen LogP contribution < -0.4 is 0 Å². The lowest BCUT2D eigenvalue weighted by Crippen LogP contribution is -2.34. The molecule has 4 nitrogen and oxygen atoms in total. The molecule has 2 atom stereocenters. The van der Waals surface area contributed by atoms with E-state index in [-0.39, 0.29) is 0 Å². The van der Waals surface area contributed by atoms with Gasteiger partial charge in [0, 0.05) is 25.3 Å². The van der Waals surface area contributed by atoms with Gasteiger partial charge >= 0.3 is 5.97 Å². The van der Waals surface area contributed by atoms with E-state index < -0.39 is 5.97 Å². The number of pyridine rings is 1. The lowest BCUT2D eigenvalue weighted by atomic mass is 9.65. The van der Waals surface area contributed by atoms with Gasteiger partial charge in [0.05, 0.1) is 11.3 Å². The minimum atomic E-state index is -0.883. The maximum atomic E-state index is 11.3. The first-order valence-corrected chi connectivity index (χ1v) is 7.69. The second-order valence-electron chi connectivity index (χ2n) is 7.92. The maximum absolute atomic E-state index is 11.3. The molecule has 1 aromatic rings. The molecule has 3 rings (SSSR count). The molecule has 4 heteroatoms. The van der Waals surface area contributed by atoms with E-state index in [1.807, 2.05) is 0 Å². The van der Waals surface area contributed by atoms with Gasteiger partial charge in [-0.15, -0.1) is 0 Å². The molecule has 114 valence electrons. The standard InChI is InChI=1S/C17H24N2O2/c1-16(2)7-12-8-17(3,10-16)11-19(12)9-14-13(15(20)21)5-4-6-18-14/h4-6,12H,7-11H2,1-3H3,(H,20,21). The molecule has 1 saturated carbocycles. The van der Waals surface area contributed by atoms with Crippen molar-refractivity contribution >= 4 is 5.97 Å². The van der Waals surface area contributed by atoms with Crippen molar-refractivity contribution in [2.45, 2.75) is 52.6 Å². The molecule has 1 aromatic heterocycles. The van der Waals surface area contributed by atoms with E-state index in [0.717, 1.165) is 6.54 Å². The quantitative estimate of drug-likeness (QED) is 0.928.